The van der Waals surface area contributed by atoms with E-state index in [0.29, 0.717) is 17.3 Å². The number of rotatable bonds is 9. The number of carbonyl (C=O) groups excluding carboxylic acids is 1. The number of halogens is 1. The standard InChI is InChI=1S/C25H28ClN3O4S/c1-17(19-7-11-23(33-4)12-8-19)28-25(30)20-13-22(15-24(14-20)34(31,32)29(2)3)27-16-18-5-9-21(26)10-6-18/h5-15,17,27H,16H2,1-4H3,(H,28,30)/t17-/m1/s1. The Kier molecular flexibility index (Phi) is 8.19. The van der Waals surface area contributed by atoms with E-state index in [-0.39, 0.29) is 22.4 Å². The fraction of sp³-hybridized carbons (Fsp3) is 0.240. The van der Waals surface area contributed by atoms with Gasteiger partial charge in [0.1, 0.15) is 5.75 Å². The number of benzene rings is 3. The van der Waals surface area contributed by atoms with Crippen LogP contribution in [0.5, 0.6) is 5.75 Å². The minimum Gasteiger partial charge on any atom is -0.497 e. The van der Waals surface area contributed by atoms with Gasteiger partial charge < -0.3 is 15.4 Å². The summed E-state index contributed by atoms with van der Waals surface area (Å²) in [5.74, 6) is 0.342. The molecule has 3 aromatic carbocycles. The quantitative estimate of drug-likeness (QED) is 0.443. The van der Waals surface area contributed by atoms with Crippen LogP contribution in [0.4, 0.5) is 5.69 Å². The predicted molar refractivity (Wildman–Crippen MR) is 135 cm³/mol. The largest absolute Gasteiger partial charge is 0.497 e. The second kappa shape index (κ2) is 10.9. The molecule has 9 heteroatoms. The summed E-state index contributed by atoms with van der Waals surface area (Å²) in [7, 11) is 0.747. The Morgan fingerprint density at radius 2 is 1.68 bits per heavy atom. The number of methoxy groups -OCH3 is 1. The molecule has 0 unspecified atom stereocenters. The lowest BCUT2D eigenvalue weighted by molar-refractivity contribution is 0.0939. The first kappa shape index (κ1) is 25.6. The zero-order valence-corrected chi connectivity index (χ0v) is 21.1. The molecule has 0 radical (unpaired) electrons. The molecule has 7 nitrogen and oxygen atoms in total. The van der Waals surface area contributed by atoms with Crippen molar-refractivity contribution < 1.29 is 17.9 Å². The molecule has 1 atom stereocenters. The predicted octanol–water partition coefficient (Wildman–Crippen LogP) is 4.70. The Morgan fingerprint density at radius 1 is 1.03 bits per heavy atom. The number of hydrogen-bond donors (Lipinski definition) is 2. The van der Waals surface area contributed by atoms with Crippen molar-refractivity contribution in [2.45, 2.75) is 24.4 Å². The van der Waals surface area contributed by atoms with Gasteiger partial charge >= 0.3 is 0 Å². The van der Waals surface area contributed by atoms with Crippen molar-refractivity contribution >= 4 is 33.2 Å². The smallest absolute Gasteiger partial charge is 0.251 e. The summed E-state index contributed by atoms with van der Waals surface area (Å²) in [6.07, 6.45) is 0. The molecule has 3 aromatic rings. The van der Waals surface area contributed by atoms with Crippen LogP contribution in [-0.2, 0) is 16.6 Å². The maximum Gasteiger partial charge on any atom is 0.251 e. The van der Waals surface area contributed by atoms with Crippen molar-refractivity contribution in [2.24, 2.45) is 0 Å². The average molecular weight is 502 g/mol. The van der Waals surface area contributed by atoms with Gasteiger partial charge in [-0.3, -0.25) is 4.79 Å². The average Bonchev–Trinajstić information content (AvgIpc) is 2.83. The summed E-state index contributed by atoms with van der Waals surface area (Å²) in [4.78, 5) is 13.1. The van der Waals surface area contributed by atoms with E-state index in [1.165, 1.54) is 26.2 Å². The zero-order valence-electron chi connectivity index (χ0n) is 19.5. The molecule has 0 aromatic heterocycles. The van der Waals surface area contributed by atoms with Crippen LogP contribution in [-0.4, -0.2) is 39.8 Å². The number of hydrogen-bond acceptors (Lipinski definition) is 5. The molecule has 0 aliphatic rings. The van der Waals surface area contributed by atoms with E-state index < -0.39 is 10.0 Å². The number of carbonyl (C=O) groups is 1. The highest BCUT2D eigenvalue weighted by Crippen LogP contribution is 2.23. The van der Waals surface area contributed by atoms with Gasteiger partial charge in [-0.2, -0.15) is 0 Å². The second-order valence-corrected chi connectivity index (χ2v) is 10.6. The lowest BCUT2D eigenvalue weighted by atomic mass is 10.1. The third kappa shape index (κ3) is 6.28. The van der Waals surface area contributed by atoms with Crippen molar-refractivity contribution in [3.63, 3.8) is 0 Å². The Labute approximate surface area is 205 Å². The number of amides is 1. The molecular formula is C25H28ClN3O4S. The topological polar surface area (TPSA) is 87.7 Å². The van der Waals surface area contributed by atoms with Crippen LogP contribution >= 0.6 is 11.6 Å². The van der Waals surface area contributed by atoms with Crippen LogP contribution < -0.4 is 15.4 Å². The van der Waals surface area contributed by atoms with E-state index in [0.717, 1.165) is 21.2 Å². The summed E-state index contributed by atoms with van der Waals surface area (Å²) < 4.78 is 31.9. The van der Waals surface area contributed by atoms with Crippen LogP contribution in [0.2, 0.25) is 5.02 Å². The van der Waals surface area contributed by atoms with Gasteiger partial charge in [-0.15, -0.1) is 0 Å². The fourth-order valence-electron chi connectivity index (χ4n) is 3.25. The zero-order chi connectivity index (χ0) is 24.9. The summed E-state index contributed by atoms with van der Waals surface area (Å²) >= 11 is 5.94. The third-order valence-electron chi connectivity index (χ3n) is 5.32. The van der Waals surface area contributed by atoms with E-state index in [1.54, 1.807) is 25.3 Å². The number of anilines is 1. The summed E-state index contributed by atoms with van der Waals surface area (Å²) in [6, 6.07) is 19.0. The minimum absolute atomic E-state index is 0.0286. The highest BCUT2D eigenvalue weighted by Gasteiger charge is 2.21. The van der Waals surface area contributed by atoms with Gasteiger partial charge in [0.25, 0.3) is 5.91 Å². The van der Waals surface area contributed by atoms with Crippen molar-refractivity contribution in [2.75, 3.05) is 26.5 Å². The molecule has 2 N–H and O–H groups in total. The van der Waals surface area contributed by atoms with Crippen molar-refractivity contribution in [1.29, 1.82) is 0 Å². The van der Waals surface area contributed by atoms with Crippen molar-refractivity contribution in [1.82, 2.24) is 9.62 Å². The van der Waals surface area contributed by atoms with E-state index in [2.05, 4.69) is 10.6 Å². The third-order valence-corrected chi connectivity index (χ3v) is 7.37. The van der Waals surface area contributed by atoms with E-state index in [9.17, 15) is 13.2 Å². The van der Waals surface area contributed by atoms with Crippen LogP contribution in [0.3, 0.4) is 0 Å². The van der Waals surface area contributed by atoms with Crippen LogP contribution in [0.15, 0.2) is 71.6 Å². The number of nitrogens with zero attached hydrogens (tertiary/aromatic N) is 1. The lowest BCUT2D eigenvalue weighted by Crippen LogP contribution is -2.27. The molecule has 3 rings (SSSR count). The van der Waals surface area contributed by atoms with Gasteiger partial charge in [0.2, 0.25) is 10.0 Å². The fourth-order valence-corrected chi connectivity index (χ4v) is 4.35. The molecule has 0 saturated heterocycles. The van der Waals surface area contributed by atoms with Crippen LogP contribution in [0, 0.1) is 0 Å². The summed E-state index contributed by atoms with van der Waals surface area (Å²) in [6.45, 7) is 2.30. The van der Waals surface area contributed by atoms with Gasteiger partial charge in [-0.25, -0.2) is 12.7 Å². The molecule has 0 heterocycles. The van der Waals surface area contributed by atoms with E-state index in [4.69, 9.17) is 16.3 Å². The molecule has 0 saturated carbocycles. The number of ether oxygens (including phenoxy) is 1. The highest BCUT2D eigenvalue weighted by atomic mass is 35.5. The van der Waals surface area contributed by atoms with Crippen molar-refractivity contribution in [3.05, 3.63) is 88.4 Å². The number of nitrogens with one attached hydrogen (secondary N) is 2. The van der Waals surface area contributed by atoms with E-state index >= 15 is 0 Å². The molecule has 0 aliphatic heterocycles. The van der Waals surface area contributed by atoms with Crippen LogP contribution in [0.1, 0.15) is 34.5 Å². The highest BCUT2D eigenvalue weighted by molar-refractivity contribution is 7.89. The first-order valence-electron chi connectivity index (χ1n) is 10.6. The molecule has 0 aliphatic carbocycles. The van der Waals surface area contributed by atoms with Crippen molar-refractivity contribution in [3.8, 4) is 5.75 Å². The molecular weight excluding hydrogens is 474 g/mol. The minimum atomic E-state index is -3.75. The molecule has 34 heavy (non-hydrogen) atoms. The Morgan fingerprint density at radius 3 is 2.26 bits per heavy atom. The monoisotopic (exact) mass is 501 g/mol. The number of sulfonamides is 1. The van der Waals surface area contributed by atoms with Gasteiger partial charge in [0, 0.05) is 36.9 Å². The molecule has 0 bridgehead atoms. The van der Waals surface area contributed by atoms with Crippen LogP contribution in [0.25, 0.3) is 0 Å². The Balaban J connectivity index is 1.87. The maximum absolute atomic E-state index is 13.1. The molecule has 0 fully saturated rings. The van der Waals surface area contributed by atoms with Gasteiger partial charge in [0.15, 0.2) is 0 Å². The Hall–Kier alpha value is -3.07. The summed E-state index contributed by atoms with van der Waals surface area (Å²) in [5.41, 5.74) is 2.61. The van der Waals surface area contributed by atoms with Gasteiger partial charge in [0.05, 0.1) is 18.0 Å². The van der Waals surface area contributed by atoms with Gasteiger partial charge in [-0.05, 0) is 60.5 Å². The molecule has 0 spiro atoms. The lowest BCUT2D eigenvalue weighted by Gasteiger charge is -2.18. The molecule has 180 valence electrons. The second-order valence-electron chi connectivity index (χ2n) is 7.98. The maximum atomic E-state index is 13.1. The SMILES string of the molecule is COc1ccc([C@@H](C)NC(=O)c2cc(NCc3ccc(Cl)cc3)cc(S(=O)(=O)N(C)C)c2)cc1. The Bertz CT molecular complexity index is 1240. The first-order valence-corrected chi connectivity index (χ1v) is 12.4. The summed E-state index contributed by atoms with van der Waals surface area (Å²) in [5, 5.41) is 6.77. The normalized spacial score (nSPS) is 12.3. The van der Waals surface area contributed by atoms with E-state index in [1.807, 2.05) is 43.3 Å². The first-order chi connectivity index (χ1) is 16.1. The van der Waals surface area contributed by atoms with Gasteiger partial charge in [-0.1, -0.05) is 35.9 Å². The molecule has 1 amide bonds.